The number of phenols is 1. The molecule has 0 fully saturated rings. The molecule has 1 rings (SSSR count). The molecule has 0 radical (unpaired) electrons. The van der Waals surface area contributed by atoms with Crippen LogP contribution < -0.4 is 5.73 Å². The topological polar surface area (TPSA) is 66.5 Å². The molecule has 0 saturated heterocycles. The van der Waals surface area contributed by atoms with Gasteiger partial charge < -0.3 is 15.9 Å². The standard InChI is InChI=1S/C11H16ClNO2/c1-6(2)10(13)11(15)7-3-4-9(14)8(12)5-7/h3-6,10-11,14-15H,13H2,1-2H3. The Hall–Kier alpha value is -0.770. The maximum atomic E-state index is 9.91. The number of aliphatic hydroxyl groups excluding tert-OH is 1. The molecular weight excluding hydrogens is 214 g/mol. The summed E-state index contributed by atoms with van der Waals surface area (Å²) in [5.74, 6) is 0.179. The van der Waals surface area contributed by atoms with Crippen LogP contribution in [0.4, 0.5) is 0 Å². The van der Waals surface area contributed by atoms with Gasteiger partial charge in [0.15, 0.2) is 0 Å². The smallest absolute Gasteiger partial charge is 0.134 e. The molecule has 0 spiro atoms. The predicted octanol–water partition coefficient (Wildman–Crippen LogP) is 2.06. The summed E-state index contributed by atoms with van der Waals surface area (Å²) in [6, 6.07) is 4.26. The van der Waals surface area contributed by atoms with E-state index in [9.17, 15) is 10.2 Å². The van der Waals surface area contributed by atoms with Gasteiger partial charge in [0.2, 0.25) is 0 Å². The van der Waals surface area contributed by atoms with Crippen LogP contribution in [0.2, 0.25) is 5.02 Å². The van der Waals surface area contributed by atoms with Gasteiger partial charge >= 0.3 is 0 Å². The highest BCUT2D eigenvalue weighted by atomic mass is 35.5. The average Bonchev–Trinajstić information content (AvgIpc) is 2.19. The normalized spacial score (nSPS) is 15.3. The molecule has 1 aromatic carbocycles. The Morgan fingerprint density at radius 3 is 2.40 bits per heavy atom. The van der Waals surface area contributed by atoms with Crippen molar-refractivity contribution in [3.63, 3.8) is 0 Å². The van der Waals surface area contributed by atoms with Crippen LogP contribution in [0, 0.1) is 5.92 Å². The third kappa shape index (κ3) is 2.84. The zero-order valence-electron chi connectivity index (χ0n) is 8.81. The number of benzene rings is 1. The number of phenolic OH excluding ortho intramolecular Hbond substituents is 1. The minimum absolute atomic E-state index is 0.00531. The summed E-state index contributed by atoms with van der Waals surface area (Å²) in [5, 5.41) is 19.4. The molecule has 0 aliphatic rings. The van der Waals surface area contributed by atoms with Gasteiger partial charge in [-0.05, 0) is 23.6 Å². The van der Waals surface area contributed by atoms with Crippen molar-refractivity contribution in [2.75, 3.05) is 0 Å². The summed E-state index contributed by atoms with van der Waals surface area (Å²) in [5.41, 5.74) is 6.45. The van der Waals surface area contributed by atoms with Gasteiger partial charge in [0.05, 0.1) is 11.1 Å². The number of hydrogen-bond donors (Lipinski definition) is 3. The van der Waals surface area contributed by atoms with Crippen molar-refractivity contribution in [1.29, 1.82) is 0 Å². The largest absolute Gasteiger partial charge is 0.506 e. The van der Waals surface area contributed by atoms with Gasteiger partial charge in [0.25, 0.3) is 0 Å². The molecule has 0 heterocycles. The minimum Gasteiger partial charge on any atom is -0.506 e. The van der Waals surface area contributed by atoms with E-state index in [1.807, 2.05) is 13.8 Å². The molecule has 3 nitrogen and oxygen atoms in total. The van der Waals surface area contributed by atoms with Crippen LogP contribution in [0.25, 0.3) is 0 Å². The Bertz CT molecular complexity index is 341. The second kappa shape index (κ2) is 4.84. The van der Waals surface area contributed by atoms with Crippen LogP contribution in [0.3, 0.4) is 0 Å². The first-order chi connectivity index (χ1) is 6.93. The molecule has 84 valence electrons. The molecular formula is C11H16ClNO2. The van der Waals surface area contributed by atoms with E-state index >= 15 is 0 Å². The van der Waals surface area contributed by atoms with Crippen molar-refractivity contribution in [1.82, 2.24) is 0 Å². The highest BCUT2D eigenvalue weighted by Crippen LogP contribution is 2.28. The molecule has 0 saturated carbocycles. The fourth-order valence-electron chi connectivity index (χ4n) is 1.29. The first kappa shape index (κ1) is 12.3. The molecule has 0 aromatic heterocycles. The maximum absolute atomic E-state index is 9.91. The van der Waals surface area contributed by atoms with Crippen LogP contribution in [0.15, 0.2) is 18.2 Å². The van der Waals surface area contributed by atoms with Gasteiger partial charge in [-0.15, -0.1) is 0 Å². The van der Waals surface area contributed by atoms with E-state index in [1.54, 1.807) is 6.07 Å². The highest BCUT2D eigenvalue weighted by molar-refractivity contribution is 6.32. The molecule has 0 bridgehead atoms. The monoisotopic (exact) mass is 229 g/mol. The van der Waals surface area contributed by atoms with Gasteiger partial charge in [0, 0.05) is 6.04 Å². The number of hydrogen-bond acceptors (Lipinski definition) is 3. The van der Waals surface area contributed by atoms with E-state index in [1.165, 1.54) is 12.1 Å². The van der Waals surface area contributed by atoms with Crippen LogP contribution >= 0.6 is 11.6 Å². The van der Waals surface area contributed by atoms with Crippen LogP contribution in [0.5, 0.6) is 5.75 Å². The van der Waals surface area contributed by atoms with Crippen molar-refractivity contribution >= 4 is 11.6 Å². The molecule has 4 heteroatoms. The Balaban J connectivity index is 2.91. The zero-order chi connectivity index (χ0) is 11.6. The molecule has 2 atom stereocenters. The summed E-state index contributed by atoms with van der Waals surface area (Å²) in [7, 11) is 0. The zero-order valence-corrected chi connectivity index (χ0v) is 9.57. The molecule has 2 unspecified atom stereocenters. The minimum atomic E-state index is -0.761. The fraction of sp³-hybridized carbons (Fsp3) is 0.455. The molecule has 15 heavy (non-hydrogen) atoms. The van der Waals surface area contributed by atoms with Crippen molar-refractivity contribution in [2.45, 2.75) is 26.0 Å². The van der Waals surface area contributed by atoms with E-state index < -0.39 is 6.10 Å². The highest BCUT2D eigenvalue weighted by Gasteiger charge is 2.20. The summed E-state index contributed by atoms with van der Waals surface area (Å²) < 4.78 is 0. The average molecular weight is 230 g/mol. The molecule has 0 aliphatic heterocycles. The van der Waals surface area contributed by atoms with Gasteiger partial charge in [-0.3, -0.25) is 0 Å². The Morgan fingerprint density at radius 1 is 1.33 bits per heavy atom. The van der Waals surface area contributed by atoms with Crippen molar-refractivity contribution in [2.24, 2.45) is 11.7 Å². The quantitative estimate of drug-likeness (QED) is 0.743. The van der Waals surface area contributed by atoms with Crippen molar-refractivity contribution in [3.05, 3.63) is 28.8 Å². The van der Waals surface area contributed by atoms with Crippen molar-refractivity contribution in [3.8, 4) is 5.75 Å². The van der Waals surface area contributed by atoms with Gasteiger partial charge in [-0.2, -0.15) is 0 Å². The first-order valence-corrected chi connectivity index (χ1v) is 5.23. The van der Waals surface area contributed by atoms with Crippen molar-refractivity contribution < 1.29 is 10.2 Å². The maximum Gasteiger partial charge on any atom is 0.134 e. The molecule has 0 aliphatic carbocycles. The van der Waals surface area contributed by atoms with Crippen LogP contribution in [-0.2, 0) is 0 Å². The van der Waals surface area contributed by atoms with E-state index in [4.69, 9.17) is 17.3 Å². The lowest BCUT2D eigenvalue weighted by Gasteiger charge is -2.22. The predicted molar refractivity (Wildman–Crippen MR) is 60.9 cm³/mol. The van der Waals surface area contributed by atoms with Gasteiger partial charge in [0.1, 0.15) is 5.75 Å². The van der Waals surface area contributed by atoms with E-state index in [2.05, 4.69) is 0 Å². The Labute approximate surface area is 94.5 Å². The third-order valence-corrected chi connectivity index (χ3v) is 2.75. The lowest BCUT2D eigenvalue weighted by molar-refractivity contribution is 0.126. The summed E-state index contributed by atoms with van der Waals surface area (Å²) >= 11 is 5.74. The second-order valence-electron chi connectivity index (χ2n) is 3.98. The SMILES string of the molecule is CC(C)C(N)C(O)c1ccc(O)c(Cl)c1. The number of nitrogens with two attached hydrogens (primary N) is 1. The third-order valence-electron chi connectivity index (χ3n) is 2.45. The molecule has 4 N–H and O–H groups in total. The second-order valence-corrected chi connectivity index (χ2v) is 4.38. The number of aromatic hydroxyl groups is 1. The Morgan fingerprint density at radius 2 is 1.93 bits per heavy atom. The lowest BCUT2D eigenvalue weighted by Crippen LogP contribution is -2.33. The van der Waals surface area contributed by atoms with Gasteiger partial charge in [-0.1, -0.05) is 31.5 Å². The lowest BCUT2D eigenvalue weighted by atomic mass is 9.94. The van der Waals surface area contributed by atoms with Crippen LogP contribution in [0.1, 0.15) is 25.5 Å². The first-order valence-electron chi connectivity index (χ1n) is 4.85. The van der Waals surface area contributed by atoms with E-state index in [-0.39, 0.29) is 22.7 Å². The fourth-order valence-corrected chi connectivity index (χ4v) is 1.48. The van der Waals surface area contributed by atoms with E-state index in [0.717, 1.165) is 0 Å². The number of halogens is 1. The van der Waals surface area contributed by atoms with Gasteiger partial charge in [-0.25, -0.2) is 0 Å². The summed E-state index contributed by atoms with van der Waals surface area (Å²) in [6.45, 7) is 3.88. The summed E-state index contributed by atoms with van der Waals surface area (Å²) in [6.07, 6.45) is -0.761. The van der Waals surface area contributed by atoms with Crippen LogP contribution in [-0.4, -0.2) is 16.3 Å². The molecule has 0 amide bonds. The number of aliphatic hydroxyl groups is 1. The Kier molecular flexibility index (Phi) is 3.97. The van der Waals surface area contributed by atoms with E-state index in [0.29, 0.717) is 5.56 Å². The summed E-state index contributed by atoms with van der Waals surface area (Å²) in [4.78, 5) is 0. The molecule has 1 aromatic rings. The number of rotatable bonds is 3.